The van der Waals surface area contributed by atoms with E-state index in [-0.39, 0.29) is 22.8 Å². The summed E-state index contributed by atoms with van der Waals surface area (Å²) in [6.45, 7) is 0. The highest BCUT2D eigenvalue weighted by molar-refractivity contribution is 6.05. The van der Waals surface area contributed by atoms with E-state index in [2.05, 4.69) is 15.4 Å². The molecule has 1 N–H and O–H groups in total. The van der Waals surface area contributed by atoms with Gasteiger partial charge >= 0.3 is 6.18 Å². The van der Waals surface area contributed by atoms with Gasteiger partial charge in [-0.2, -0.15) is 18.3 Å². The molecule has 0 unspecified atom stereocenters. The molecule has 0 fully saturated rings. The molecule has 0 saturated carbocycles. The van der Waals surface area contributed by atoms with E-state index in [4.69, 9.17) is 4.74 Å². The zero-order chi connectivity index (χ0) is 19.6. The fraction of sp³-hybridized carbons (Fsp3) is 0.167. The van der Waals surface area contributed by atoms with Crippen LogP contribution in [0.2, 0.25) is 0 Å². The van der Waals surface area contributed by atoms with Crippen molar-refractivity contribution in [3.05, 3.63) is 59.9 Å². The van der Waals surface area contributed by atoms with E-state index in [1.54, 1.807) is 18.2 Å². The number of aromatic nitrogens is 3. The number of benzene rings is 1. The fourth-order valence-electron chi connectivity index (χ4n) is 2.64. The molecule has 9 heteroatoms. The number of ether oxygens (including phenoxy) is 1. The molecule has 0 aliphatic heterocycles. The topological polar surface area (TPSA) is 69.0 Å². The molecule has 3 rings (SSSR count). The lowest BCUT2D eigenvalue weighted by Crippen LogP contribution is -2.21. The monoisotopic (exact) mass is 376 g/mol. The van der Waals surface area contributed by atoms with Gasteiger partial charge in [-0.1, -0.05) is 30.3 Å². The molecule has 2 heterocycles. The Kier molecular flexibility index (Phi) is 4.85. The van der Waals surface area contributed by atoms with Crippen LogP contribution in [0.25, 0.3) is 11.3 Å². The highest BCUT2D eigenvalue weighted by Crippen LogP contribution is 2.39. The first-order valence-corrected chi connectivity index (χ1v) is 7.82. The molecule has 0 aliphatic carbocycles. The van der Waals surface area contributed by atoms with E-state index >= 15 is 0 Å². The number of rotatable bonds is 4. The predicted molar refractivity (Wildman–Crippen MR) is 92.4 cm³/mol. The summed E-state index contributed by atoms with van der Waals surface area (Å²) in [7, 11) is 2.69. The van der Waals surface area contributed by atoms with Crippen molar-refractivity contribution in [2.75, 3.05) is 12.4 Å². The van der Waals surface area contributed by atoms with Crippen molar-refractivity contribution in [2.45, 2.75) is 6.18 Å². The molecule has 1 amide bonds. The Bertz CT molecular complexity index is 968. The van der Waals surface area contributed by atoms with Gasteiger partial charge in [0.05, 0.1) is 7.11 Å². The number of amides is 1. The van der Waals surface area contributed by atoms with Gasteiger partial charge in [-0.05, 0) is 6.07 Å². The van der Waals surface area contributed by atoms with Gasteiger partial charge in [-0.3, -0.25) is 9.48 Å². The number of carbonyl (C=O) groups is 1. The number of nitrogens with one attached hydrogen (secondary N) is 1. The SMILES string of the molecule is COc1cc(NC(=O)c2c(C(F)(F)F)c(-c3ccccc3)nn2C)ccn1. The molecule has 3 aromatic rings. The van der Waals surface area contributed by atoms with Crippen molar-refractivity contribution in [3.63, 3.8) is 0 Å². The quantitative estimate of drug-likeness (QED) is 0.753. The third-order valence-corrected chi connectivity index (χ3v) is 3.79. The van der Waals surface area contributed by atoms with Crippen LogP contribution in [0.3, 0.4) is 0 Å². The number of alkyl halides is 3. The third kappa shape index (κ3) is 3.76. The van der Waals surface area contributed by atoms with Crippen LogP contribution < -0.4 is 10.1 Å². The minimum Gasteiger partial charge on any atom is -0.481 e. The molecule has 0 atom stereocenters. The predicted octanol–water partition coefficient (Wildman–Crippen LogP) is 3.76. The Morgan fingerprint density at radius 3 is 2.52 bits per heavy atom. The minimum atomic E-state index is -4.76. The Balaban J connectivity index is 2.06. The average Bonchev–Trinajstić information content (AvgIpc) is 3.00. The van der Waals surface area contributed by atoms with Crippen LogP contribution in [0.4, 0.5) is 18.9 Å². The van der Waals surface area contributed by atoms with E-state index in [1.807, 2.05) is 0 Å². The Morgan fingerprint density at radius 1 is 1.19 bits per heavy atom. The van der Waals surface area contributed by atoms with Gasteiger partial charge in [-0.15, -0.1) is 0 Å². The number of hydrogen-bond acceptors (Lipinski definition) is 4. The van der Waals surface area contributed by atoms with Crippen LogP contribution in [0, 0.1) is 0 Å². The minimum absolute atomic E-state index is 0.221. The highest BCUT2D eigenvalue weighted by Gasteiger charge is 2.42. The molecule has 1 aromatic carbocycles. The molecular formula is C18H15F3N4O2. The molecule has 0 spiro atoms. The lowest BCUT2D eigenvalue weighted by Gasteiger charge is -2.11. The first-order valence-electron chi connectivity index (χ1n) is 7.82. The van der Waals surface area contributed by atoms with Crippen molar-refractivity contribution in [3.8, 4) is 17.1 Å². The van der Waals surface area contributed by atoms with Crippen LogP contribution in [0.1, 0.15) is 16.1 Å². The molecule has 0 saturated heterocycles. The van der Waals surface area contributed by atoms with Crippen LogP contribution in [-0.4, -0.2) is 27.8 Å². The lowest BCUT2D eigenvalue weighted by molar-refractivity contribution is -0.137. The Labute approximate surface area is 152 Å². The van der Waals surface area contributed by atoms with Crippen molar-refractivity contribution in [2.24, 2.45) is 7.05 Å². The van der Waals surface area contributed by atoms with Gasteiger partial charge in [0.2, 0.25) is 5.88 Å². The standard InChI is InChI=1S/C18H15F3N4O2/c1-25-16(17(26)23-12-8-9-22-13(10-12)27-2)14(18(19,20)21)15(24-25)11-6-4-3-5-7-11/h3-10H,1-2H3,(H,22,23,26). The number of methoxy groups -OCH3 is 1. The molecule has 0 bridgehead atoms. The lowest BCUT2D eigenvalue weighted by atomic mass is 10.0. The summed E-state index contributed by atoms with van der Waals surface area (Å²) in [5.74, 6) is -0.716. The summed E-state index contributed by atoms with van der Waals surface area (Å²) in [6, 6.07) is 10.8. The fourth-order valence-corrected chi connectivity index (χ4v) is 2.64. The van der Waals surface area contributed by atoms with Crippen LogP contribution in [-0.2, 0) is 13.2 Å². The number of pyridine rings is 1. The molecule has 27 heavy (non-hydrogen) atoms. The Morgan fingerprint density at radius 2 is 1.89 bits per heavy atom. The highest BCUT2D eigenvalue weighted by atomic mass is 19.4. The van der Waals surface area contributed by atoms with E-state index in [0.717, 1.165) is 4.68 Å². The first-order chi connectivity index (χ1) is 12.8. The molecule has 6 nitrogen and oxygen atoms in total. The zero-order valence-corrected chi connectivity index (χ0v) is 14.4. The number of carbonyl (C=O) groups excluding carboxylic acids is 1. The van der Waals surface area contributed by atoms with Crippen LogP contribution >= 0.6 is 0 Å². The van der Waals surface area contributed by atoms with Gasteiger partial charge in [-0.25, -0.2) is 4.98 Å². The number of aryl methyl sites for hydroxylation is 1. The number of nitrogens with zero attached hydrogens (tertiary/aromatic N) is 3. The normalized spacial score (nSPS) is 11.3. The average molecular weight is 376 g/mol. The van der Waals surface area contributed by atoms with Gasteiger partial charge in [0.25, 0.3) is 5.91 Å². The van der Waals surface area contributed by atoms with Crippen molar-refractivity contribution < 1.29 is 22.7 Å². The van der Waals surface area contributed by atoms with Crippen molar-refractivity contribution >= 4 is 11.6 Å². The van der Waals surface area contributed by atoms with Crippen molar-refractivity contribution in [1.82, 2.24) is 14.8 Å². The maximum atomic E-state index is 13.8. The summed E-state index contributed by atoms with van der Waals surface area (Å²) in [6.07, 6.45) is -3.39. The van der Waals surface area contributed by atoms with Gasteiger partial charge in [0.1, 0.15) is 17.0 Å². The smallest absolute Gasteiger partial charge is 0.420 e. The zero-order valence-electron chi connectivity index (χ0n) is 14.4. The molecule has 0 aliphatic rings. The van der Waals surface area contributed by atoms with Crippen molar-refractivity contribution in [1.29, 1.82) is 0 Å². The molecule has 140 valence electrons. The number of halogens is 3. The summed E-state index contributed by atoms with van der Waals surface area (Å²) >= 11 is 0. The maximum absolute atomic E-state index is 13.8. The summed E-state index contributed by atoms with van der Waals surface area (Å²) in [5.41, 5.74) is -1.46. The summed E-state index contributed by atoms with van der Waals surface area (Å²) in [4.78, 5) is 16.5. The molecule has 2 aromatic heterocycles. The first kappa shape index (κ1) is 18.4. The van der Waals surface area contributed by atoms with Gasteiger partial charge in [0.15, 0.2) is 0 Å². The van der Waals surface area contributed by atoms with E-state index in [9.17, 15) is 18.0 Å². The van der Waals surface area contributed by atoms with Crippen LogP contribution in [0.15, 0.2) is 48.7 Å². The number of hydrogen-bond donors (Lipinski definition) is 1. The molecular weight excluding hydrogens is 361 g/mol. The summed E-state index contributed by atoms with van der Waals surface area (Å²) < 4.78 is 47.2. The van der Waals surface area contributed by atoms with Gasteiger partial charge in [0, 0.05) is 30.6 Å². The van der Waals surface area contributed by atoms with E-state index in [0.29, 0.717) is 0 Å². The Hall–Kier alpha value is -3.36. The van der Waals surface area contributed by atoms with Gasteiger partial charge < -0.3 is 10.1 Å². The van der Waals surface area contributed by atoms with E-state index < -0.39 is 23.3 Å². The second-order valence-corrected chi connectivity index (χ2v) is 5.60. The second kappa shape index (κ2) is 7.10. The number of anilines is 1. The van der Waals surface area contributed by atoms with E-state index in [1.165, 1.54) is 44.6 Å². The maximum Gasteiger partial charge on any atom is 0.420 e. The third-order valence-electron chi connectivity index (χ3n) is 3.79. The van der Waals surface area contributed by atoms with Crippen LogP contribution in [0.5, 0.6) is 5.88 Å². The summed E-state index contributed by atoms with van der Waals surface area (Å²) in [5, 5.41) is 6.37. The molecule has 0 radical (unpaired) electrons. The largest absolute Gasteiger partial charge is 0.481 e. The second-order valence-electron chi connectivity index (χ2n) is 5.60.